The van der Waals surface area contributed by atoms with Crippen LogP contribution in [0.25, 0.3) is 0 Å². The number of rotatable bonds is 4. The summed E-state index contributed by atoms with van der Waals surface area (Å²) in [4.78, 5) is 11.7. The summed E-state index contributed by atoms with van der Waals surface area (Å²) in [6.45, 7) is 4.07. The van der Waals surface area contributed by atoms with Gasteiger partial charge in [0.15, 0.2) is 5.60 Å². The quantitative estimate of drug-likeness (QED) is 0.746. The van der Waals surface area contributed by atoms with Gasteiger partial charge in [-0.2, -0.15) is 11.3 Å². The van der Waals surface area contributed by atoms with Crippen molar-refractivity contribution < 1.29 is 9.53 Å². The average molecular weight is 236 g/mol. The maximum atomic E-state index is 11.7. The molecule has 2 heterocycles. The van der Waals surface area contributed by atoms with Crippen LogP contribution in [0.3, 0.4) is 0 Å². The van der Waals surface area contributed by atoms with Gasteiger partial charge in [0.2, 0.25) is 0 Å². The van der Waals surface area contributed by atoms with Gasteiger partial charge < -0.3 is 4.74 Å². The summed E-state index contributed by atoms with van der Waals surface area (Å²) in [6.07, 6.45) is 4.95. The van der Waals surface area contributed by atoms with Crippen LogP contribution in [0.1, 0.15) is 38.7 Å². The van der Waals surface area contributed by atoms with E-state index in [-0.39, 0.29) is 5.97 Å². The highest BCUT2D eigenvalue weighted by Gasteiger charge is 2.37. The number of carbonyl (C=O) groups excluding carboxylic acids is 1. The van der Waals surface area contributed by atoms with Crippen molar-refractivity contribution in [1.29, 1.82) is 0 Å². The molecule has 0 radical (unpaired) electrons. The number of hydrogen-bond acceptors (Lipinski definition) is 3. The van der Waals surface area contributed by atoms with Crippen LogP contribution in [0.4, 0.5) is 0 Å². The molecule has 1 aliphatic rings. The van der Waals surface area contributed by atoms with E-state index in [2.05, 4.69) is 6.92 Å². The summed E-state index contributed by atoms with van der Waals surface area (Å²) in [5.41, 5.74) is 1.35. The second-order valence-corrected chi connectivity index (χ2v) is 5.06. The van der Waals surface area contributed by atoms with E-state index >= 15 is 0 Å². The highest BCUT2D eigenvalue weighted by atomic mass is 32.1. The Kier molecular flexibility index (Phi) is 3.15. The number of unbranched alkanes of at least 4 members (excludes halogenated alkanes) is 1. The van der Waals surface area contributed by atoms with Gasteiger partial charge in [-0.1, -0.05) is 13.3 Å². The Bertz CT molecular complexity index is 406. The third-order valence-corrected chi connectivity index (χ3v) is 3.59. The summed E-state index contributed by atoms with van der Waals surface area (Å²) in [6, 6.07) is 2.01. The van der Waals surface area contributed by atoms with Gasteiger partial charge in [-0.05, 0) is 42.7 Å². The van der Waals surface area contributed by atoms with E-state index in [1.54, 1.807) is 11.3 Å². The van der Waals surface area contributed by atoms with Crippen LogP contribution in [0, 0.1) is 0 Å². The first-order chi connectivity index (χ1) is 7.65. The number of thiophene rings is 1. The molecule has 86 valence electrons. The van der Waals surface area contributed by atoms with Gasteiger partial charge >= 0.3 is 5.97 Å². The minimum absolute atomic E-state index is 0.151. The van der Waals surface area contributed by atoms with Crippen molar-refractivity contribution in [2.45, 2.75) is 38.7 Å². The molecule has 3 heteroatoms. The molecule has 1 atom stereocenters. The van der Waals surface area contributed by atoms with Crippen LogP contribution in [0.15, 0.2) is 28.5 Å². The predicted molar refractivity (Wildman–Crippen MR) is 65.4 cm³/mol. The van der Waals surface area contributed by atoms with Gasteiger partial charge in [0, 0.05) is 11.1 Å². The molecule has 0 amide bonds. The van der Waals surface area contributed by atoms with Crippen molar-refractivity contribution in [3.63, 3.8) is 0 Å². The van der Waals surface area contributed by atoms with Crippen molar-refractivity contribution >= 4 is 17.3 Å². The number of cyclic esters (lactones) is 1. The van der Waals surface area contributed by atoms with Crippen LogP contribution < -0.4 is 0 Å². The number of carbonyl (C=O) groups is 1. The van der Waals surface area contributed by atoms with Crippen LogP contribution in [-0.2, 0) is 15.1 Å². The molecular formula is C13H16O2S. The van der Waals surface area contributed by atoms with Crippen molar-refractivity contribution in [2.75, 3.05) is 0 Å². The summed E-state index contributed by atoms with van der Waals surface area (Å²) in [5.74, 6) is -0.151. The monoisotopic (exact) mass is 236 g/mol. The zero-order valence-electron chi connectivity index (χ0n) is 9.66. The molecule has 1 aliphatic heterocycles. The van der Waals surface area contributed by atoms with Crippen LogP contribution in [0.5, 0.6) is 0 Å². The van der Waals surface area contributed by atoms with Crippen molar-refractivity contribution in [2.24, 2.45) is 0 Å². The minimum Gasteiger partial charge on any atom is -0.447 e. The summed E-state index contributed by atoms with van der Waals surface area (Å²) in [7, 11) is 0. The fourth-order valence-electron chi connectivity index (χ4n) is 1.91. The van der Waals surface area contributed by atoms with Crippen molar-refractivity contribution in [1.82, 2.24) is 0 Å². The molecule has 0 saturated heterocycles. The standard InChI is InChI=1S/C13H16O2S/c1-3-4-5-10-8-13(2,15-12(10)14)11-6-7-16-9-11/h6-9H,3-5H2,1-2H3/t13-/m1/s1. The first-order valence-corrected chi connectivity index (χ1v) is 6.58. The van der Waals surface area contributed by atoms with E-state index in [0.29, 0.717) is 0 Å². The minimum atomic E-state index is -0.542. The number of ether oxygens (including phenoxy) is 1. The number of esters is 1. The summed E-state index contributed by atoms with van der Waals surface area (Å²) < 4.78 is 5.48. The van der Waals surface area contributed by atoms with E-state index < -0.39 is 5.60 Å². The highest BCUT2D eigenvalue weighted by Crippen LogP contribution is 2.36. The first-order valence-electron chi connectivity index (χ1n) is 5.63. The zero-order chi connectivity index (χ0) is 11.6. The van der Waals surface area contributed by atoms with Gasteiger partial charge in [-0.25, -0.2) is 4.79 Å². The molecule has 1 aromatic heterocycles. The third kappa shape index (κ3) is 2.05. The second-order valence-electron chi connectivity index (χ2n) is 4.28. The Morgan fingerprint density at radius 3 is 2.94 bits per heavy atom. The van der Waals surface area contributed by atoms with E-state index in [4.69, 9.17) is 4.74 Å². The Morgan fingerprint density at radius 1 is 1.50 bits per heavy atom. The van der Waals surface area contributed by atoms with Crippen LogP contribution in [-0.4, -0.2) is 5.97 Å². The SMILES string of the molecule is CCCCC1=C[C@](C)(c2ccsc2)OC1=O. The Morgan fingerprint density at radius 2 is 2.31 bits per heavy atom. The Hall–Kier alpha value is -1.09. The molecule has 0 saturated carbocycles. The van der Waals surface area contributed by atoms with Gasteiger partial charge in [0.05, 0.1) is 0 Å². The second kappa shape index (κ2) is 4.42. The molecular weight excluding hydrogens is 220 g/mol. The topological polar surface area (TPSA) is 26.3 Å². The van der Waals surface area contributed by atoms with E-state index in [1.807, 2.05) is 29.8 Å². The van der Waals surface area contributed by atoms with E-state index in [9.17, 15) is 4.79 Å². The van der Waals surface area contributed by atoms with E-state index in [1.165, 1.54) is 0 Å². The normalized spacial score (nSPS) is 24.4. The lowest BCUT2D eigenvalue weighted by Gasteiger charge is -2.19. The largest absolute Gasteiger partial charge is 0.447 e. The lowest BCUT2D eigenvalue weighted by molar-refractivity contribution is -0.146. The molecule has 16 heavy (non-hydrogen) atoms. The lowest BCUT2D eigenvalue weighted by Crippen LogP contribution is -2.20. The molecule has 0 spiro atoms. The fraction of sp³-hybridized carbons (Fsp3) is 0.462. The molecule has 0 N–H and O–H groups in total. The predicted octanol–water partition coefficient (Wildman–Crippen LogP) is 3.64. The maximum Gasteiger partial charge on any atom is 0.335 e. The third-order valence-electron chi connectivity index (χ3n) is 2.91. The fourth-order valence-corrected chi connectivity index (χ4v) is 2.67. The van der Waals surface area contributed by atoms with Gasteiger partial charge in [-0.15, -0.1) is 0 Å². The molecule has 2 nitrogen and oxygen atoms in total. The van der Waals surface area contributed by atoms with Crippen LogP contribution in [0.2, 0.25) is 0 Å². The lowest BCUT2D eigenvalue weighted by atomic mass is 9.97. The first kappa shape index (κ1) is 11.4. The molecule has 0 aromatic carbocycles. The van der Waals surface area contributed by atoms with Crippen LogP contribution >= 0.6 is 11.3 Å². The smallest absolute Gasteiger partial charge is 0.335 e. The van der Waals surface area contributed by atoms with Gasteiger partial charge in [0.25, 0.3) is 0 Å². The molecule has 2 rings (SSSR count). The summed E-state index contributed by atoms with van der Waals surface area (Å²) >= 11 is 1.62. The Balaban J connectivity index is 2.20. The molecule has 0 bridgehead atoms. The number of hydrogen-bond donors (Lipinski definition) is 0. The molecule has 0 aliphatic carbocycles. The maximum absolute atomic E-state index is 11.7. The molecule has 0 unspecified atom stereocenters. The Labute approximate surface area is 99.9 Å². The van der Waals surface area contributed by atoms with Crippen molar-refractivity contribution in [3.8, 4) is 0 Å². The molecule has 0 fully saturated rings. The summed E-state index contributed by atoms with van der Waals surface area (Å²) in [5, 5.41) is 4.04. The zero-order valence-corrected chi connectivity index (χ0v) is 10.5. The average Bonchev–Trinajstić information content (AvgIpc) is 2.84. The van der Waals surface area contributed by atoms with E-state index in [0.717, 1.165) is 30.4 Å². The van der Waals surface area contributed by atoms with Gasteiger partial charge in [-0.3, -0.25) is 0 Å². The van der Waals surface area contributed by atoms with Gasteiger partial charge in [0.1, 0.15) is 0 Å². The highest BCUT2D eigenvalue weighted by molar-refractivity contribution is 7.08. The molecule has 1 aromatic rings. The van der Waals surface area contributed by atoms with Crippen molar-refractivity contribution in [3.05, 3.63) is 34.0 Å².